The molecule has 0 atom stereocenters. The van der Waals surface area contributed by atoms with Gasteiger partial charge in [0, 0.05) is 0 Å². The van der Waals surface area contributed by atoms with Crippen molar-refractivity contribution in [3.05, 3.63) is 10.6 Å². The van der Waals surface area contributed by atoms with Crippen LogP contribution in [0.4, 0.5) is 0 Å². The SMILES string of the molecule is CC[N-]C.CC[N-]C.[Ni+2]. The molecule has 0 aromatic rings. The third-order valence-corrected chi connectivity index (χ3v) is 0.632. The van der Waals surface area contributed by atoms with Crippen LogP contribution in [-0.4, -0.2) is 27.2 Å². The van der Waals surface area contributed by atoms with E-state index in [1.54, 1.807) is 14.1 Å². The van der Waals surface area contributed by atoms with E-state index >= 15 is 0 Å². The Morgan fingerprint density at radius 1 is 0.889 bits per heavy atom. The summed E-state index contributed by atoms with van der Waals surface area (Å²) in [7, 11) is 3.61. The molecule has 0 saturated heterocycles. The van der Waals surface area contributed by atoms with Gasteiger partial charge in [0.15, 0.2) is 0 Å². The van der Waals surface area contributed by atoms with Crippen LogP contribution in [-0.2, 0) is 16.5 Å². The van der Waals surface area contributed by atoms with Gasteiger partial charge in [0.2, 0.25) is 0 Å². The van der Waals surface area contributed by atoms with Crippen molar-refractivity contribution in [2.24, 2.45) is 0 Å². The van der Waals surface area contributed by atoms with Gasteiger partial charge >= 0.3 is 16.5 Å². The van der Waals surface area contributed by atoms with Crippen molar-refractivity contribution in [2.45, 2.75) is 13.8 Å². The van der Waals surface area contributed by atoms with Crippen molar-refractivity contribution in [1.82, 2.24) is 0 Å². The zero-order chi connectivity index (χ0) is 6.83. The molecule has 0 aliphatic rings. The normalized spacial score (nSPS) is 6.67. The second-order valence-electron chi connectivity index (χ2n) is 1.26. The smallest absolute Gasteiger partial charge is 0.665 e. The van der Waals surface area contributed by atoms with Gasteiger partial charge in [-0.25, -0.2) is 0 Å². The van der Waals surface area contributed by atoms with Gasteiger partial charge in [-0.05, 0) is 0 Å². The first-order chi connectivity index (χ1) is 3.83. The third kappa shape index (κ3) is 59.4. The van der Waals surface area contributed by atoms with Gasteiger partial charge in [-0.2, -0.15) is 27.2 Å². The second-order valence-corrected chi connectivity index (χ2v) is 1.26. The molecular formula is C6H16N2Ni. The van der Waals surface area contributed by atoms with Gasteiger partial charge in [-0.1, -0.05) is 13.8 Å². The first-order valence-electron chi connectivity index (χ1n) is 2.94. The molecule has 0 aliphatic carbocycles. The van der Waals surface area contributed by atoms with Crippen LogP contribution in [0.1, 0.15) is 13.8 Å². The van der Waals surface area contributed by atoms with Crippen LogP contribution >= 0.6 is 0 Å². The van der Waals surface area contributed by atoms with Crippen LogP contribution in [0.2, 0.25) is 0 Å². The van der Waals surface area contributed by atoms with Crippen LogP contribution in [0.3, 0.4) is 0 Å². The van der Waals surface area contributed by atoms with Crippen molar-refractivity contribution >= 4 is 0 Å². The number of hydrogen-bond donors (Lipinski definition) is 0. The van der Waals surface area contributed by atoms with Gasteiger partial charge in [-0.3, -0.25) is 0 Å². The minimum absolute atomic E-state index is 0. The Morgan fingerprint density at radius 2 is 1.00 bits per heavy atom. The van der Waals surface area contributed by atoms with Crippen molar-refractivity contribution < 1.29 is 16.5 Å². The van der Waals surface area contributed by atoms with Crippen molar-refractivity contribution in [1.29, 1.82) is 0 Å². The molecule has 3 heteroatoms. The third-order valence-electron chi connectivity index (χ3n) is 0.632. The molecule has 0 spiro atoms. The maximum Gasteiger partial charge on any atom is 2.00 e. The molecule has 0 bridgehead atoms. The predicted molar refractivity (Wildman–Crippen MR) is 39.6 cm³/mol. The van der Waals surface area contributed by atoms with Crippen molar-refractivity contribution in [2.75, 3.05) is 27.2 Å². The van der Waals surface area contributed by atoms with Gasteiger partial charge in [0.05, 0.1) is 0 Å². The van der Waals surface area contributed by atoms with E-state index < -0.39 is 0 Å². The topological polar surface area (TPSA) is 28.2 Å². The standard InChI is InChI=1S/2C3H8N.Ni/c2*1-3-4-2;/h2*3H2,1-2H3;/q2*-1;+2. The Kier molecular flexibility index (Phi) is 42.7. The van der Waals surface area contributed by atoms with Crippen LogP contribution in [0.15, 0.2) is 0 Å². The maximum atomic E-state index is 3.74. The number of nitrogens with zero attached hydrogens (tertiary/aromatic N) is 2. The molecule has 60 valence electrons. The molecule has 0 saturated carbocycles. The molecule has 0 aromatic carbocycles. The average molecular weight is 175 g/mol. The molecule has 2 nitrogen and oxygen atoms in total. The fourth-order valence-electron chi connectivity index (χ4n) is 0. The summed E-state index contributed by atoms with van der Waals surface area (Å²) in [5.41, 5.74) is 0. The predicted octanol–water partition coefficient (Wildman–Crippen LogP) is 2.02. The zero-order valence-corrected chi connectivity index (χ0v) is 7.61. The Balaban J connectivity index is -0.0000000720. The average Bonchev–Trinajstić information content (AvgIpc) is 1.88. The minimum atomic E-state index is 0. The zero-order valence-electron chi connectivity index (χ0n) is 6.62. The first kappa shape index (κ1) is 16.2. The van der Waals surface area contributed by atoms with Crippen molar-refractivity contribution in [3.8, 4) is 0 Å². The molecule has 0 unspecified atom stereocenters. The van der Waals surface area contributed by atoms with E-state index in [4.69, 9.17) is 0 Å². The Hall–Kier alpha value is 0.414. The molecular weight excluding hydrogens is 159 g/mol. The summed E-state index contributed by atoms with van der Waals surface area (Å²) in [6, 6.07) is 0. The Morgan fingerprint density at radius 3 is 1.00 bits per heavy atom. The van der Waals surface area contributed by atoms with Crippen LogP contribution in [0.5, 0.6) is 0 Å². The summed E-state index contributed by atoms with van der Waals surface area (Å²) in [5.74, 6) is 0. The summed E-state index contributed by atoms with van der Waals surface area (Å²) in [4.78, 5) is 0. The fourth-order valence-corrected chi connectivity index (χ4v) is 0. The molecule has 0 fully saturated rings. The van der Waals surface area contributed by atoms with Crippen LogP contribution in [0, 0.1) is 0 Å². The molecule has 0 N–H and O–H groups in total. The minimum Gasteiger partial charge on any atom is -0.665 e. The van der Waals surface area contributed by atoms with E-state index in [0.29, 0.717) is 0 Å². The Labute approximate surface area is 68.7 Å². The summed E-state index contributed by atoms with van der Waals surface area (Å²) in [5, 5.41) is 7.47. The largest absolute Gasteiger partial charge is 2.00 e. The maximum absolute atomic E-state index is 3.74. The molecule has 0 rings (SSSR count). The van der Waals surface area contributed by atoms with E-state index in [0.717, 1.165) is 13.1 Å². The summed E-state index contributed by atoms with van der Waals surface area (Å²) < 4.78 is 0. The molecule has 0 heterocycles. The van der Waals surface area contributed by atoms with Gasteiger partial charge < -0.3 is 10.6 Å². The molecule has 0 amide bonds. The fraction of sp³-hybridized carbons (Fsp3) is 1.00. The molecule has 0 aromatic heterocycles. The summed E-state index contributed by atoms with van der Waals surface area (Å²) in [6.07, 6.45) is 0. The Bertz CT molecular complexity index is 19.0. The first-order valence-corrected chi connectivity index (χ1v) is 2.94. The van der Waals surface area contributed by atoms with Gasteiger partial charge in [-0.15, -0.1) is 0 Å². The molecule has 0 radical (unpaired) electrons. The van der Waals surface area contributed by atoms with E-state index in [2.05, 4.69) is 10.6 Å². The van der Waals surface area contributed by atoms with Crippen LogP contribution < -0.4 is 0 Å². The second kappa shape index (κ2) is 23.7. The number of rotatable bonds is 2. The molecule has 9 heavy (non-hydrogen) atoms. The van der Waals surface area contributed by atoms with Gasteiger partial charge in [0.1, 0.15) is 0 Å². The monoisotopic (exact) mass is 174 g/mol. The van der Waals surface area contributed by atoms with E-state index in [1.165, 1.54) is 0 Å². The van der Waals surface area contributed by atoms with E-state index in [9.17, 15) is 0 Å². The molecule has 0 aliphatic heterocycles. The number of hydrogen-bond acceptors (Lipinski definition) is 0. The summed E-state index contributed by atoms with van der Waals surface area (Å²) in [6.45, 7) is 5.92. The quantitative estimate of drug-likeness (QED) is 0.574. The van der Waals surface area contributed by atoms with Crippen LogP contribution in [0.25, 0.3) is 10.6 Å². The van der Waals surface area contributed by atoms with E-state index in [1.807, 2.05) is 13.8 Å². The van der Waals surface area contributed by atoms with E-state index in [-0.39, 0.29) is 16.5 Å². The van der Waals surface area contributed by atoms with Crippen molar-refractivity contribution in [3.63, 3.8) is 0 Å². The van der Waals surface area contributed by atoms with Gasteiger partial charge in [0.25, 0.3) is 0 Å². The summed E-state index contributed by atoms with van der Waals surface area (Å²) >= 11 is 0.